The minimum Gasteiger partial charge on any atom is -0.324 e. The number of nitrogens with zero attached hydrogens (tertiary/aromatic N) is 2. The van der Waals surface area contributed by atoms with Gasteiger partial charge in [-0.25, -0.2) is 4.98 Å². The quantitative estimate of drug-likeness (QED) is 0.905. The Morgan fingerprint density at radius 2 is 2.33 bits per heavy atom. The molecular formula is C16H20N4O. The molecular weight excluding hydrogens is 264 g/mol. The Hall–Kier alpha value is -2.14. The van der Waals surface area contributed by atoms with Crippen LogP contribution in [0.25, 0.3) is 5.69 Å². The van der Waals surface area contributed by atoms with E-state index < -0.39 is 0 Å². The summed E-state index contributed by atoms with van der Waals surface area (Å²) in [5.41, 5.74) is 1.46. The third-order valence-corrected chi connectivity index (χ3v) is 4.34. The SMILES string of the molecule is CCC1(C(=O)Nc2ccccc2-n2ccnc2)CCNC1. The molecule has 1 fully saturated rings. The van der Waals surface area contributed by atoms with E-state index in [2.05, 4.69) is 22.5 Å². The summed E-state index contributed by atoms with van der Waals surface area (Å²) in [7, 11) is 0. The van der Waals surface area contributed by atoms with Gasteiger partial charge in [0.15, 0.2) is 0 Å². The zero-order chi connectivity index (χ0) is 14.7. The number of amides is 1. The van der Waals surface area contributed by atoms with Crippen LogP contribution in [0.2, 0.25) is 0 Å². The Balaban J connectivity index is 1.87. The fourth-order valence-electron chi connectivity index (χ4n) is 2.86. The number of rotatable bonds is 4. The number of anilines is 1. The molecule has 2 aromatic rings. The van der Waals surface area contributed by atoms with E-state index in [4.69, 9.17) is 0 Å². The predicted octanol–water partition coefficient (Wildman–Crippen LogP) is 2.20. The van der Waals surface area contributed by atoms with Crippen molar-refractivity contribution in [3.05, 3.63) is 43.0 Å². The van der Waals surface area contributed by atoms with Crippen molar-refractivity contribution < 1.29 is 4.79 Å². The highest BCUT2D eigenvalue weighted by Crippen LogP contribution is 2.32. The van der Waals surface area contributed by atoms with Crippen molar-refractivity contribution in [3.8, 4) is 5.69 Å². The van der Waals surface area contributed by atoms with Crippen LogP contribution in [0.3, 0.4) is 0 Å². The third-order valence-electron chi connectivity index (χ3n) is 4.34. The lowest BCUT2D eigenvalue weighted by atomic mass is 9.83. The average molecular weight is 284 g/mol. The van der Waals surface area contributed by atoms with Gasteiger partial charge in [-0.05, 0) is 31.5 Å². The first kappa shape index (κ1) is 13.8. The lowest BCUT2D eigenvalue weighted by Crippen LogP contribution is -2.37. The van der Waals surface area contributed by atoms with Crippen molar-refractivity contribution in [2.45, 2.75) is 19.8 Å². The van der Waals surface area contributed by atoms with Crippen molar-refractivity contribution >= 4 is 11.6 Å². The molecule has 1 aliphatic heterocycles. The van der Waals surface area contributed by atoms with Crippen LogP contribution in [-0.2, 0) is 4.79 Å². The van der Waals surface area contributed by atoms with Gasteiger partial charge in [-0.1, -0.05) is 19.1 Å². The monoisotopic (exact) mass is 284 g/mol. The van der Waals surface area contributed by atoms with Gasteiger partial charge in [-0.3, -0.25) is 4.79 Å². The molecule has 5 nitrogen and oxygen atoms in total. The zero-order valence-corrected chi connectivity index (χ0v) is 12.2. The summed E-state index contributed by atoms with van der Waals surface area (Å²) >= 11 is 0. The molecule has 0 aliphatic carbocycles. The lowest BCUT2D eigenvalue weighted by molar-refractivity contribution is -0.124. The summed E-state index contributed by atoms with van der Waals surface area (Å²) in [6.07, 6.45) is 7.07. The van der Waals surface area contributed by atoms with E-state index in [9.17, 15) is 4.79 Å². The number of para-hydroxylation sites is 2. The van der Waals surface area contributed by atoms with Crippen molar-refractivity contribution in [2.75, 3.05) is 18.4 Å². The number of aromatic nitrogens is 2. The van der Waals surface area contributed by atoms with E-state index in [-0.39, 0.29) is 11.3 Å². The van der Waals surface area contributed by atoms with Gasteiger partial charge >= 0.3 is 0 Å². The third kappa shape index (κ3) is 2.56. The van der Waals surface area contributed by atoms with E-state index in [0.717, 1.165) is 37.3 Å². The maximum Gasteiger partial charge on any atom is 0.231 e. The van der Waals surface area contributed by atoms with Crippen molar-refractivity contribution in [1.82, 2.24) is 14.9 Å². The molecule has 0 saturated carbocycles. The standard InChI is InChI=1S/C16H20N4O/c1-2-16(7-8-17-11-16)15(21)19-13-5-3-4-6-14(13)20-10-9-18-12-20/h3-6,9-10,12,17H,2,7-8,11H2,1H3,(H,19,21). The number of hydrogen-bond acceptors (Lipinski definition) is 3. The van der Waals surface area contributed by atoms with Gasteiger partial charge in [0.2, 0.25) is 5.91 Å². The number of carbonyl (C=O) groups is 1. The summed E-state index contributed by atoms with van der Waals surface area (Å²) in [6, 6.07) is 7.79. The first-order valence-electron chi connectivity index (χ1n) is 7.35. The molecule has 1 unspecified atom stereocenters. The molecule has 3 rings (SSSR count). The molecule has 0 radical (unpaired) electrons. The summed E-state index contributed by atoms with van der Waals surface area (Å²) in [6.45, 7) is 3.74. The van der Waals surface area contributed by atoms with Crippen LogP contribution in [0.5, 0.6) is 0 Å². The van der Waals surface area contributed by atoms with Gasteiger partial charge in [0, 0.05) is 18.9 Å². The fraction of sp³-hybridized carbons (Fsp3) is 0.375. The smallest absolute Gasteiger partial charge is 0.231 e. The van der Waals surface area contributed by atoms with Crippen LogP contribution < -0.4 is 10.6 Å². The van der Waals surface area contributed by atoms with E-state index in [0.29, 0.717) is 0 Å². The van der Waals surface area contributed by atoms with Gasteiger partial charge in [-0.2, -0.15) is 0 Å². The van der Waals surface area contributed by atoms with Crippen LogP contribution in [-0.4, -0.2) is 28.5 Å². The van der Waals surface area contributed by atoms with Crippen molar-refractivity contribution in [2.24, 2.45) is 5.41 Å². The van der Waals surface area contributed by atoms with Gasteiger partial charge in [0.25, 0.3) is 0 Å². The van der Waals surface area contributed by atoms with E-state index >= 15 is 0 Å². The highest BCUT2D eigenvalue weighted by molar-refractivity contribution is 5.97. The largest absolute Gasteiger partial charge is 0.324 e. The molecule has 5 heteroatoms. The van der Waals surface area contributed by atoms with Crippen molar-refractivity contribution in [1.29, 1.82) is 0 Å². The molecule has 2 N–H and O–H groups in total. The molecule has 1 atom stereocenters. The number of hydrogen-bond donors (Lipinski definition) is 2. The second-order valence-corrected chi connectivity index (χ2v) is 5.50. The predicted molar refractivity (Wildman–Crippen MR) is 82.4 cm³/mol. The van der Waals surface area contributed by atoms with E-state index in [1.54, 1.807) is 12.5 Å². The molecule has 2 heterocycles. The van der Waals surface area contributed by atoms with Crippen molar-refractivity contribution in [3.63, 3.8) is 0 Å². The second-order valence-electron chi connectivity index (χ2n) is 5.50. The fourth-order valence-corrected chi connectivity index (χ4v) is 2.86. The van der Waals surface area contributed by atoms with Crippen LogP contribution >= 0.6 is 0 Å². The molecule has 1 aromatic carbocycles. The Labute approximate surface area is 124 Å². The van der Waals surface area contributed by atoms with Crippen LogP contribution in [0.1, 0.15) is 19.8 Å². The number of nitrogens with one attached hydrogen (secondary N) is 2. The molecule has 110 valence electrons. The van der Waals surface area contributed by atoms with Gasteiger partial charge in [-0.15, -0.1) is 0 Å². The molecule has 1 amide bonds. The minimum absolute atomic E-state index is 0.0996. The highest BCUT2D eigenvalue weighted by Gasteiger charge is 2.39. The molecule has 0 spiro atoms. The van der Waals surface area contributed by atoms with Crippen LogP contribution in [0, 0.1) is 5.41 Å². The second kappa shape index (κ2) is 5.69. The molecule has 1 saturated heterocycles. The van der Waals surface area contributed by atoms with Crippen LogP contribution in [0.4, 0.5) is 5.69 Å². The number of benzene rings is 1. The van der Waals surface area contributed by atoms with Gasteiger partial charge in [0.1, 0.15) is 0 Å². The van der Waals surface area contributed by atoms with Gasteiger partial charge < -0.3 is 15.2 Å². The lowest BCUT2D eigenvalue weighted by Gasteiger charge is -2.26. The average Bonchev–Trinajstić information content (AvgIpc) is 3.20. The van der Waals surface area contributed by atoms with E-state index in [1.807, 2.05) is 35.0 Å². The highest BCUT2D eigenvalue weighted by atomic mass is 16.2. The first-order valence-corrected chi connectivity index (χ1v) is 7.35. The topological polar surface area (TPSA) is 59.0 Å². The normalized spacial score (nSPS) is 21.4. The maximum absolute atomic E-state index is 12.7. The minimum atomic E-state index is -0.290. The number of carbonyl (C=O) groups excluding carboxylic acids is 1. The summed E-state index contributed by atoms with van der Waals surface area (Å²) in [5, 5.41) is 6.40. The van der Waals surface area contributed by atoms with Crippen LogP contribution in [0.15, 0.2) is 43.0 Å². The summed E-state index contributed by atoms with van der Waals surface area (Å²) in [4.78, 5) is 16.8. The molecule has 1 aliphatic rings. The molecule has 1 aromatic heterocycles. The maximum atomic E-state index is 12.7. The number of imidazole rings is 1. The Morgan fingerprint density at radius 3 is 3.00 bits per heavy atom. The Morgan fingerprint density at radius 1 is 1.48 bits per heavy atom. The summed E-state index contributed by atoms with van der Waals surface area (Å²) < 4.78 is 1.90. The van der Waals surface area contributed by atoms with E-state index in [1.165, 1.54) is 0 Å². The Kier molecular flexibility index (Phi) is 3.75. The molecule has 21 heavy (non-hydrogen) atoms. The Bertz CT molecular complexity index is 615. The molecule has 0 bridgehead atoms. The first-order chi connectivity index (χ1) is 10.2. The van der Waals surface area contributed by atoms with Gasteiger partial charge in [0.05, 0.1) is 23.1 Å². The summed E-state index contributed by atoms with van der Waals surface area (Å²) in [5.74, 6) is 0.0996. The zero-order valence-electron chi connectivity index (χ0n) is 12.2.